The standard InChI is InChI=1S/C15H24BrNS/c1-15(2,3)12-5-4-8-17(9-6-12)11-14-13(16)7-10-18-14/h7,10,12H,4-6,8-9,11H2,1-3H3. The van der Waals surface area contributed by atoms with Crippen molar-refractivity contribution in [3.8, 4) is 0 Å². The molecule has 1 aromatic heterocycles. The van der Waals surface area contributed by atoms with E-state index in [9.17, 15) is 0 Å². The molecule has 3 heteroatoms. The summed E-state index contributed by atoms with van der Waals surface area (Å²) in [6.45, 7) is 10.8. The van der Waals surface area contributed by atoms with Gasteiger partial charge in [-0.3, -0.25) is 4.90 Å². The number of thiophene rings is 1. The second-order valence-electron chi connectivity index (χ2n) is 6.46. The average molecular weight is 330 g/mol. The van der Waals surface area contributed by atoms with Gasteiger partial charge in [0, 0.05) is 15.9 Å². The van der Waals surface area contributed by atoms with E-state index in [-0.39, 0.29) is 0 Å². The normalized spacial score (nSPS) is 23.0. The van der Waals surface area contributed by atoms with Crippen molar-refractivity contribution < 1.29 is 0 Å². The number of rotatable bonds is 2. The van der Waals surface area contributed by atoms with Gasteiger partial charge in [-0.05, 0) is 71.1 Å². The van der Waals surface area contributed by atoms with Gasteiger partial charge in [-0.2, -0.15) is 0 Å². The highest BCUT2D eigenvalue weighted by Gasteiger charge is 2.27. The fraction of sp³-hybridized carbons (Fsp3) is 0.733. The van der Waals surface area contributed by atoms with Gasteiger partial charge in [0.15, 0.2) is 0 Å². The lowest BCUT2D eigenvalue weighted by Crippen LogP contribution is -2.25. The van der Waals surface area contributed by atoms with Gasteiger partial charge in [-0.15, -0.1) is 11.3 Å². The zero-order valence-corrected chi connectivity index (χ0v) is 14.1. The third-order valence-corrected chi connectivity index (χ3v) is 6.01. The molecule has 0 aliphatic carbocycles. The topological polar surface area (TPSA) is 3.24 Å². The SMILES string of the molecule is CC(C)(C)C1CCCN(Cc2sccc2Br)CC1. The van der Waals surface area contributed by atoms with Crippen molar-refractivity contribution in [1.82, 2.24) is 4.90 Å². The summed E-state index contributed by atoms with van der Waals surface area (Å²) in [5.74, 6) is 0.884. The van der Waals surface area contributed by atoms with Crippen LogP contribution in [-0.4, -0.2) is 18.0 Å². The van der Waals surface area contributed by atoms with Gasteiger partial charge < -0.3 is 0 Å². The van der Waals surface area contributed by atoms with Gasteiger partial charge in [0.25, 0.3) is 0 Å². The Kier molecular flexibility index (Phi) is 4.90. The molecule has 1 fully saturated rings. The molecule has 1 atom stereocenters. The second-order valence-corrected chi connectivity index (χ2v) is 8.32. The highest BCUT2D eigenvalue weighted by Crippen LogP contribution is 2.35. The zero-order chi connectivity index (χ0) is 13.2. The average Bonchev–Trinajstić information content (AvgIpc) is 2.54. The van der Waals surface area contributed by atoms with Crippen molar-refractivity contribution in [3.05, 3.63) is 20.8 Å². The molecular weight excluding hydrogens is 306 g/mol. The first kappa shape index (κ1) is 14.5. The van der Waals surface area contributed by atoms with E-state index in [1.165, 1.54) is 41.7 Å². The van der Waals surface area contributed by atoms with Crippen molar-refractivity contribution in [2.45, 2.75) is 46.6 Å². The Morgan fingerprint density at radius 3 is 2.72 bits per heavy atom. The molecule has 0 spiro atoms. The van der Waals surface area contributed by atoms with Crippen LogP contribution in [0.2, 0.25) is 0 Å². The Morgan fingerprint density at radius 1 is 1.33 bits per heavy atom. The molecule has 2 heterocycles. The molecule has 0 aromatic carbocycles. The molecule has 0 saturated carbocycles. The first-order chi connectivity index (χ1) is 8.47. The third-order valence-electron chi connectivity index (χ3n) is 4.10. The summed E-state index contributed by atoms with van der Waals surface area (Å²) in [7, 11) is 0. The van der Waals surface area contributed by atoms with Crippen LogP contribution in [0, 0.1) is 11.3 Å². The van der Waals surface area contributed by atoms with Crippen LogP contribution >= 0.6 is 27.3 Å². The number of nitrogens with zero attached hydrogens (tertiary/aromatic N) is 1. The van der Waals surface area contributed by atoms with E-state index in [1.54, 1.807) is 0 Å². The number of likely N-dealkylation sites (tertiary alicyclic amines) is 1. The fourth-order valence-corrected chi connectivity index (χ4v) is 4.34. The first-order valence-electron chi connectivity index (χ1n) is 6.91. The molecule has 1 aromatic rings. The van der Waals surface area contributed by atoms with Crippen LogP contribution in [0.3, 0.4) is 0 Å². The quantitative estimate of drug-likeness (QED) is 0.724. The Morgan fingerprint density at radius 2 is 2.11 bits per heavy atom. The maximum Gasteiger partial charge on any atom is 0.0339 e. The van der Waals surface area contributed by atoms with E-state index >= 15 is 0 Å². The molecule has 0 N–H and O–H groups in total. The van der Waals surface area contributed by atoms with Gasteiger partial charge in [0.1, 0.15) is 0 Å². The molecule has 1 aliphatic heterocycles. The Labute approximate surface area is 124 Å². The molecule has 1 saturated heterocycles. The molecule has 1 aliphatic rings. The second kappa shape index (κ2) is 6.06. The van der Waals surface area contributed by atoms with E-state index in [4.69, 9.17) is 0 Å². The van der Waals surface area contributed by atoms with Crippen molar-refractivity contribution in [3.63, 3.8) is 0 Å². The van der Waals surface area contributed by atoms with E-state index in [0.717, 1.165) is 12.5 Å². The smallest absolute Gasteiger partial charge is 0.0339 e. The summed E-state index contributed by atoms with van der Waals surface area (Å²) < 4.78 is 1.28. The molecule has 18 heavy (non-hydrogen) atoms. The maximum atomic E-state index is 3.64. The number of hydrogen-bond donors (Lipinski definition) is 0. The minimum Gasteiger partial charge on any atom is -0.298 e. The van der Waals surface area contributed by atoms with Gasteiger partial charge in [-0.1, -0.05) is 20.8 Å². The molecule has 0 bridgehead atoms. The first-order valence-corrected chi connectivity index (χ1v) is 8.58. The molecular formula is C15H24BrNS. The minimum absolute atomic E-state index is 0.472. The van der Waals surface area contributed by atoms with E-state index in [1.807, 2.05) is 11.3 Å². The summed E-state index contributed by atoms with van der Waals surface area (Å²) in [6, 6.07) is 2.16. The maximum absolute atomic E-state index is 3.64. The monoisotopic (exact) mass is 329 g/mol. The summed E-state index contributed by atoms with van der Waals surface area (Å²) in [5.41, 5.74) is 0.472. The third kappa shape index (κ3) is 3.82. The predicted molar refractivity (Wildman–Crippen MR) is 84.1 cm³/mol. The van der Waals surface area contributed by atoms with Crippen LogP contribution in [0.1, 0.15) is 44.9 Å². The zero-order valence-electron chi connectivity index (χ0n) is 11.7. The summed E-state index contributed by atoms with van der Waals surface area (Å²) >= 11 is 5.51. The van der Waals surface area contributed by atoms with Crippen molar-refractivity contribution in [1.29, 1.82) is 0 Å². The molecule has 1 nitrogen and oxygen atoms in total. The Hall–Kier alpha value is 0.140. The summed E-state index contributed by atoms with van der Waals surface area (Å²) in [5, 5.41) is 2.18. The van der Waals surface area contributed by atoms with Crippen molar-refractivity contribution >= 4 is 27.3 Å². The van der Waals surface area contributed by atoms with Crippen LogP contribution < -0.4 is 0 Å². The number of hydrogen-bond acceptors (Lipinski definition) is 2. The van der Waals surface area contributed by atoms with E-state index in [0.29, 0.717) is 5.41 Å². The van der Waals surface area contributed by atoms with Gasteiger partial charge in [0.2, 0.25) is 0 Å². The minimum atomic E-state index is 0.472. The molecule has 0 radical (unpaired) electrons. The Bertz CT molecular complexity index is 380. The molecule has 102 valence electrons. The van der Waals surface area contributed by atoms with Gasteiger partial charge in [-0.25, -0.2) is 0 Å². The molecule has 1 unspecified atom stereocenters. The van der Waals surface area contributed by atoms with E-state index in [2.05, 4.69) is 53.0 Å². The van der Waals surface area contributed by atoms with Gasteiger partial charge >= 0.3 is 0 Å². The highest BCUT2D eigenvalue weighted by molar-refractivity contribution is 9.10. The van der Waals surface area contributed by atoms with Crippen LogP contribution in [0.5, 0.6) is 0 Å². The molecule has 0 amide bonds. The van der Waals surface area contributed by atoms with Crippen LogP contribution in [0.15, 0.2) is 15.9 Å². The summed E-state index contributed by atoms with van der Waals surface area (Å²) in [4.78, 5) is 4.10. The largest absolute Gasteiger partial charge is 0.298 e. The number of halogens is 1. The lowest BCUT2D eigenvalue weighted by molar-refractivity contribution is 0.207. The Balaban J connectivity index is 1.92. The molecule has 2 rings (SSSR count). The van der Waals surface area contributed by atoms with Crippen LogP contribution in [0.4, 0.5) is 0 Å². The predicted octanol–water partition coefficient (Wildman–Crippen LogP) is 5.16. The fourth-order valence-electron chi connectivity index (χ4n) is 2.82. The van der Waals surface area contributed by atoms with Crippen LogP contribution in [-0.2, 0) is 6.54 Å². The summed E-state index contributed by atoms with van der Waals surface area (Å²) in [6.07, 6.45) is 4.10. The van der Waals surface area contributed by atoms with Crippen molar-refractivity contribution in [2.75, 3.05) is 13.1 Å². The highest BCUT2D eigenvalue weighted by atomic mass is 79.9. The van der Waals surface area contributed by atoms with Crippen LogP contribution in [0.25, 0.3) is 0 Å². The van der Waals surface area contributed by atoms with Crippen molar-refractivity contribution in [2.24, 2.45) is 11.3 Å². The lowest BCUT2D eigenvalue weighted by atomic mass is 9.77. The van der Waals surface area contributed by atoms with Gasteiger partial charge in [0.05, 0.1) is 0 Å². The lowest BCUT2D eigenvalue weighted by Gasteiger charge is -2.29. The van der Waals surface area contributed by atoms with E-state index < -0.39 is 0 Å².